The molecule has 0 bridgehead atoms. The fourth-order valence-electron chi connectivity index (χ4n) is 3.01. The lowest BCUT2D eigenvalue weighted by atomic mass is 10.1. The SMILES string of the molecule is CCNCCCCCCN(Cc1ccccc1)Cc1ccccc1. The van der Waals surface area contributed by atoms with Crippen LogP contribution in [0.4, 0.5) is 0 Å². The Balaban J connectivity index is 1.79. The predicted molar refractivity (Wildman–Crippen MR) is 104 cm³/mol. The van der Waals surface area contributed by atoms with Crippen LogP contribution in [0, 0.1) is 0 Å². The van der Waals surface area contributed by atoms with E-state index in [1.165, 1.54) is 43.4 Å². The van der Waals surface area contributed by atoms with Gasteiger partial charge in [0.1, 0.15) is 0 Å². The highest BCUT2D eigenvalue weighted by molar-refractivity contribution is 5.17. The molecular weight excluding hydrogens is 292 g/mol. The van der Waals surface area contributed by atoms with E-state index in [0.717, 1.165) is 26.2 Å². The Hall–Kier alpha value is -1.64. The summed E-state index contributed by atoms with van der Waals surface area (Å²) in [6.45, 7) is 7.66. The average Bonchev–Trinajstić information content (AvgIpc) is 2.62. The molecule has 2 nitrogen and oxygen atoms in total. The fourth-order valence-corrected chi connectivity index (χ4v) is 3.01. The Morgan fingerprint density at radius 3 is 1.79 bits per heavy atom. The molecular formula is C22H32N2. The maximum absolute atomic E-state index is 3.40. The highest BCUT2D eigenvalue weighted by Gasteiger charge is 2.07. The van der Waals surface area contributed by atoms with E-state index in [-0.39, 0.29) is 0 Å². The minimum atomic E-state index is 1.03. The van der Waals surface area contributed by atoms with E-state index in [1.54, 1.807) is 0 Å². The molecule has 0 unspecified atom stereocenters. The third-order valence-electron chi connectivity index (χ3n) is 4.33. The zero-order chi connectivity index (χ0) is 16.9. The van der Waals surface area contributed by atoms with Gasteiger partial charge in [0.05, 0.1) is 0 Å². The van der Waals surface area contributed by atoms with Gasteiger partial charge in [0.2, 0.25) is 0 Å². The molecule has 0 spiro atoms. The van der Waals surface area contributed by atoms with Crippen molar-refractivity contribution in [3.05, 3.63) is 71.8 Å². The molecule has 0 aliphatic heterocycles. The predicted octanol–water partition coefficient (Wildman–Crippen LogP) is 4.86. The molecule has 1 N–H and O–H groups in total. The van der Waals surface area contributed by atoms with E-state index in [1.807, 2.05) is 0 Å². The van der Waals surface area contributed by atoms with Gasteiger partial charge in [0, 0.05) is 13.1 Å². The van der Waals surface area contributed by atoms with Crippen LogP contribution in [-0.2, 0) is 13.1 Å². The smallest absolute Gasteiger partial charge is 0.0237 e. The summed E-state index contributed by atoms with van der Waals surface area (Å²) in [4.78, 5) is 2.58. The molecule has 0 saturated carbocycles. The summed E-state index contributed by atoms with van der Waals surface area (Å²) in [5.74, 6) is 0. The third kappa shape index (κ3) is 7.76. The summed E-state index contributed by atoms with van der Waals surface area (Å²) >= 11 is 0. The molecule has 0 aliphatic carbocycles. The Bertz CT molecular complexity index is 483. The Kier molecular flexibility index (Phi) is 9.21. The Labute approximate surface area is 147 Å². The van der Waals surface area contributed by atoms with Gasteiger partial charge in [-0.2, -0.15) is 0 Å². The molecule has 0 heterocycles. The zero-order valence-corrected chi connectivity index (χ0v) is 15.1. The maximum Gasteiger partial charge on any atom is 0.0237 e. The van der Waals surface area contributed by atoms with Crippen molar-refractivity contribution in [2.75, 3.05) is 19.6 Å². The van der Waals surface area contributed by atoms with Gasteiger partial charge >= 0.3 is 0 Å². The molecule has 2 heteroatoms. The van der Waals surface area contributed by atoms with Gasteiger partial charge < -0.3 is 5.32 Å². The van der Waals surface area contributed by atoms with Gasteiger partial charge in [-0.3, -0.25) is 4.90 Å². The first kappa shape index (κ1) is 18.7. The molecule has 0 amide bonds. The number of nitrogens with zero attached hydrogens (tertiary/aromatic N) is 1. The van der Waals surface area contributed by atoms with E-state index in [2.05, 4.69) is 77.8 Å². The molecule has 0 saturated heterocycles. The van der Waals surface area contributed by atoms with Crippen LogP contribution >= 0.6 is 0 Å². The molecule has 0 radical (unpaired) electrons. The maximum atomic E-state index is 3.40. The molecule has 0 fully saturated rings. The minimum absolute atomic E-state index is 1.03. The summed E-state index contributed by atoms with van der Waals surface area (Å²) in [5.41, 5.74) is 2.81. The van der Waals surface area contributed by atoms with Gasteiger partial charge in [0.15, 0.2) is 0 Å². The molecule has 0 aliphatic rings. The molecule has 130 valence electrons. The Morgan fingerprint density at radius 1 is 0.708 bits per heavy atom. The van der Waals surface area contributed by atoms with Crippen molar-refractivity contribution in [3.63, 3.8) is 0 Å². The highest BCUT2D eigenvalue weighted by atomic mass is 15.1. The molecule has 0 aromatic heterocycles. The monoisotopic (exact) mass is 324 g/mol. The van der Waals surface area contributed by atoms with Crippen LogP contribution in [-0.4, -0.2) is 24.5 Å². The van der Waals surface area contributed by atoms with E-state index in [0.29, 0.717) is 0 Å². The third-order valence-corrected chi connectivity index (χ3v) is 4.33. The first-order chi connectivity index (χ1) is 11.9. The first-order valence-corrected chi connectivity index (χ1v) is 9.39. The topological polar surface area (TPSA) is 15.3 Å². The van der Waals surface area contributed by atoms with Crippen LogP contribution in [0.15, 0.2) is 60.7 Å². The largest absolute Gasteiger partial charge is 0.317 e. The Morgan fingerprint density at radius 2 is 1.25 bits per heavy atom. The number of hydrogen-bond acceptors (Lipinski definition) is 2. The number of hydrogen-bond donors (Lipinski definition) is 1. The van der Waals surface area contributed by atoms with Crippen LogP contribution in [0.1, 0.15) is 43.7 Å². The lowest BCUT2D eigenvalue weighted by Gasteiger charge is -2.22. The number of nitrogens with one attached hydrogen (secondary N) is 1. The van der Waals surface area contributed by atoms with Gasteiger partial charge in [-0.15, -0.1) is 0 Å². The lowest BCUT2D eigenvalue weighted by Crippen LogP contribution is -2.24. The first-order valence-electron chi connectivity index (χ1n) is 9.39. The van der Waals surface area contributed by atoms with Crippen molar-refractivity contribution >= 4 is 0 Å². The van der Waals surface area contributed by atoms with Crippen LogP contribution in [0.25, 0.3) is 0 Å². The fraction of sp³-hybridized carbons (Fsp3) is 0.455. The van der Waals surface area contributed by atoms with Gasteiger partial charge in [0.25, 0.3) is 0 Å². The van der Waals surface area contributed by atoms with Crippen molar-refractivity contribution in [2.45, 2.75) is 45.7 Å². The second-order valence-corrected chi connectivity index (χ2v) is 6.45. The number of unbranched alkanes of at least 4 members (excludes halogenated alkanes) is 3. The molecule has 2 rings (SSSR count). The summed E-state index contributed by atoms with van der Waals surface area (Å²) in [6, 6.07) is 21.7. The van der Waals surface area contributed by atoms with Gasteiger partial charge in [-0.05, 0) is 43.6 Å². The minimum Gasteiger partial charge on any atom is -0.317 e. The number of benzene rings is 2. The van der Waals surface area contributed by atoms with Gasteiger partial charge in [-0.25, -0.2) is 0 Å². The quantitative estimate of drug-likeness (QED) is 0.561. The molecule has 2 aromatic carbocycles. The normalized spacial score (nSPS) is 11.1. The molecule has 24 heavy (non-hydrogen) atoms. The standard InChI is InChI=1S/C22H32N2/c1-2-23-17-11-3-4-12-18-24(19-21-13-7-5-8-14-21)20-22-15-9-6-10-16-22/h5-10,13-16,23H,2-4,11-12,17-20H2,1H3. The van der Waals surface area contributed by atoms with E-state index >= 15 is 0 Å². The van der Waals surface area contributed by atoms with E-state index in [4.69, 9.17) is 0 Å². The summed E-state index contributed by atoms with van der Waals surface area (Å²) in [5, 5.41) is 3.40. The van der Waals surface area contributed by atoms with Crippen molar-refractivity contribution in [3.8, 4) is 0 Å². The van der Waals surface area contributed by atoms with Crippen LogP contribution in [0.2, 0.25) is 0 Å². The molecule has 0 atom stereocenters. The van der Waals surface area contributed by atoms with E-state index < -0.39 is 0 Å². The summed E-state index contributed by atoms with van der Waals surface area (Å²) in [7, 11) is 0. The second-order valence-electron chi connectivity index (χ2n) is 6.45. The van der Waals surface area contributed by atoms with Crippen molar-refractivity contribution in [1.82, 2.24) is 10.2 Å². The number of rotatable bonds is 12. The zero-order valence-electron chi connectivity index (χ0n) is 15.1. The van der Waals surface area contributed by atoms with Crippen LogP contribution < -0.4 is 5.32 Å². The summed E-state index contributed by atoms with van der Waals surface area (Å²) in [6.07, 6.45) is 5.24. The van der Waals surface area contributed by atoms with E-state index in [9.17, 15) is 0 Å². The molecule has 2 aromatic rings. The van der Waals surface area contributed by atoms with Crippen LogP contribution in [0.5, 0.6) is 0 Å². The lowest BCUT2D eigenvalue weighted by molar-refractivity contribution is 0.250. The van der Waals surface area contributed by atoms with Crippen molar-refractivity contribution in [1.29, 1.82) is 0 Å². The van der Waals surface area contributed by atoms with Crippen molar-refractivity contribution < 1.29 is 0 Å². The summed E-state index contributed by atoms with van der Waals surface area (Å²) < 4.78 is 0. The van der Waals surface area contributed by atoms with Crippen LogP contribution in [0.3, 0.4) is 0 Å². The highest BCUT2D eigenvalue weighted by Crippen LogP contribution is 2.12. The van der Waals surface area contributed by atoms with Gasteiger partial charge in [-0.1, -0.05) is 80.4 Å². The average molecular weight is 325 g/mol. The van der Waals surface area contributed by atoms with Crippen molar-refractivity contribution in [2.24, 2.45) is 0 Å². The second kappa shape index (κ2) is 11.8.